The number of hydrogen-bond acceptors (Lipinski definition) is 2. The van der Waals surface area contributed by atoms with Crippen LogP contribution in [0.3, 0.4) is 0 Å². The Morgan fingerprint density at radius 2 is 1.64 bits per heavy atom. The van der Waals surface area contributed by atoms with E-state index in [0.717, 1.165) is 12.8 Å². The van der Waals surface area contributed by atoms with Crippen molar-refractivity contribution < 1.29 is 73.9 Å². The molecule has 22 heavy (non-hydrogen) atoms. The third-order valence-corrected chi connectivity index (χ3v) is 5.22. The molecule has 3 fully saturated rings. The van der Waals surface area contributed by atoms with Crippen molar-refractivity contribution in [3.63, 3.8) is 0 Å². The van der Waals surface area contributed by atoms with Crippen LogP contribution in [0.1, 0.15) is 52.9 Å². The molecule has 0 aromatic carbocycles. The van der Waals surface area contributed by atoms with Gasteiger partial charge < -0.3 is 22.6 Å². The molecule has 3 unspecified atom stereocenters. The van der Waals surface area contributed by atoms with Gasteiger partial charge in [-0.3, -0.25) is 0 Å². The first kappa shape index (κ1) is 19.1. The van der Waals surface area contributed by atoms with Gasteiger partial charge in [-0.25, -0.2) is 4.79 Å². The van der Waals surface area contributed by atoms with E-state index >= 15 is 0 Å². The maximum Gasteiger partial charge on any atom is 1.00 e. The van der Waals surface area contributed by atoms with E-state index in [0.29, 0.717) is 12.8 Å². The minimum Gasteiger partial charge on any atom is -0.449 e. The van der Waals surface area contributed by atoms with Crippen molar-refractivity contribution in [1.82, 2.24) is 4.90 Å². The summed E-state index contributed by atoms with van der Waals surface area (Å²) in [4.78, 5) is 14.0. The quantitative estimate of drug-likeness (QED) is 0.669. The van der Waals surface area contributed by atoms with Crippen molar-refractivity contribution in [2.24, 2.45) is 5.41 Å². The molecule has 1 aliphatic carbocycles. The third-order valence-electron chi connectivity index (χ3n) is 5.22. The van der Waals surface area contributed by atoms with Crippen LogP contribution >= 0.6 is 0 Å². The first-order valence-electron chi connectivity index (χ1n) is 7.73. The molecule has 2 heterocycles. The fraction of sp³-hybridized carbons (Fsp3) is 0.929. The molecule has 0 aromatic heterocycles. The van der Waals surface area contributed by atoms with Crippen LogP contribution in [0.5, 0.6) is 0 Å². The van der Waals surface area contributed by atoms with Crippen LogP contribution in [0.15, 0.2) is 0 Å². The molecule has 1 spiro atoms. The molecule has 3 rings (SSSR count). The number of carbonyl (C=O) groups is 1. The van der Waals surface area contributed by atoms with Crippen LogP contribution in [-0.4, -0.2) is 35.7 Å². The average molecular weight is 343 g/mol. The molecule has 1 saturated carbocycles. The second kappa shape index (κ2) is 5.93. The topological polar surface area (TPSA) is 29.5 Å². The Morgan fingerprint density at radius 3 is 2.00 bits per heavy atom. The fourth-order valence-corrected chi connectivity index (χ4v) is 4.38. The molecule has 2 saturated heterocycles. The minimum atomic E-state index is -4.74. The van der Waals surface area contributed by atoms with Crippen molar-refractivity contribution in [2.75, 3.05) is 0 Å². The van der Waals surface area contributed by atoms with Gasteiger partial charge in [-0.2, -0.15) is 0 Å². The van der Waals surface area contributed by atoms with Gasteiger partial charge in [0.1, 0.15) is 5.60 Å². The zero-order valence-electron chi connectivity index (χ0n) is 13.7. The molecule has 2 bridgehead atoms. The van der Waals surface area contributed by atoms with Gasteiger partial charge in [0.25, 0.3) is 0 Å². The van der Waals surface area contributed by atoms with Gasteiger partial charge in [0, 0.05) is 12.1 Å². The molecule has 3 nitrogen and oxygen atoms in total. The minimum absolute atomic E-state index is 0. The van der Waals surface area contributed by atoms with Gasteiger partial charge in [-0.15, -0.1) is 0 Å². The summed E-state index contributed by atoms with van der Waals surface area (Å²) >= 11 is 0. The van der Waals surface area contributed by atoms with E-state index < -0.39 is 23.8 Å². The Labute approximate surface area is 172 Å². The monoisotopic (exact) mass is 343 g/mol. The van der Waals surface area contributed by atoms with Crippen molar-refractivity contribution in [3.8, 4) is 0 Å². The maximum atomic E-state index is 13.0. The molecule has 3 atom stereocenters. The summed E-state index contributed by atoms with van der Waals surface area (Å²) in [6.07, 6.45) is 2.51. The molecule has 0 aromatic rings. The van der Waals surface area contributed by atoms with E-state index in [4.69, 9.17) is 4.74 Å². The van der Waals surface area contributed by atoms with E-state index in [9.17, 15) is 17.7 Å². The first-order valence-corrected chi connectivity index (χ1v) is 7.73. The summed E-state index contributed by atoms with van der Waals surface area (Å²) < 4.78 is 44.3. The van der Waals surface area contributed by atoms with E-state index in [-0.39, 0.29) is 76.0 Å². The number of nitrogens with zero attached hydrogens (tertiary/aromatic N) is 1. The number of halogens is 3. The number of hydrogen-bond donors (Lipinski definition) is 0. The number of fused-ring (bicyclic) bond motifs is 2. The predicted octanol–water partition coefficient (Wildman–Crippen LogP) is 1.16. The van der Waals surface area contributed by atoms with Gasteiger partial charge in [-0.05, 0) is 51.9 Å². The van der Waals surface area contributed by atoms with Crippen molar-refractivity contribution in [1.29, 1.82) is 0 Å². The predicted molar refractivity (Wildman–Crippen MR) is 74.0 cm³/mol. The Bertz CT molecular complexity index is 452. The molecule has 2 aliphatic heterocycles. The molecular weight excluding hydrogens is 321 g/mol. The summed E-state index contributed by atoms with van der Waals surface area (Å²) in [5.41, 5.74) is -1.13. The van der Waals surface area contributed by atoms with Crippen LogP contribution in [0.2, 0.25) is 5.82 Å². The van der Waals surface area contributed by atoms with E-state index in [1.807, 2.05) is 0 Å². The van der Waals surface area contributed by atoms with Crippen molar-refractivity contribution >= 4 is 13.1 Å². The fourth-order valence-electron chi connectivity index (χ4n) is 4.38. The molecule has 120 valence electrons. The molecule has 1 amide bonds. The van der Waals surface area contributed by atoms with Crippen LogP contribution in [-0.2, 0) is 4.74 Å². The number of ether oxygens (including phenoxy) is 1. The Hall–Kier alpha value is 0.761. The Kier molecular flexibility index (Phi) is 5.15. The Morgan fingerprint density at radius 1 is 1.14 bits per heavy atom. The molecular formula is C14H22BF3KNO2. The van der Waals surface area contributed by atoms with Crippen LogP contribution < -0.4 is 51.4 Å². The van der Waals surface area contributed by atoms with Gasteiger partial charge in [-0.1, -0.05) is 12.2 Å². The zero-order chi connectivity index (χ0) is 15.6. The molecule has 8 heteroatoms. The van der Waals surface area contributed by atoms with Crippen LogP contribution in [0.25, 0.3) is 0 Å². The van der Waals surface area contributed by atoms with Crippen molar-refractivity contribution in [2.45, 2.75) is 76.4 Å². The molecule has 3 aliphatic rings. The summed E-state index contributed by atoms with van der Waals surface area (Å²) in [7, 11) is 0. The number of amides is 1. The third kappa shape index (κ3) is 3.55. The van der Waals surface area contributed by atoms with Gasteiger partial charge in [0.05, 0.1) is 0 Å². The number of carbonyl (C=O) groups excluding carboxylic acids is 1. The Balaban J connectivity index is 0.00000176. The standard InChI is InChI=1S/C14H22BF3NO2.K/c1-13(2,3)21-12(20)19-9-4-5-10(19)7-14(6-9)8-11(14)15(16,17)18;/h9-11H,4-8H2,1-3H3;/q-1;+1. The van der Waals surface area contributed by atoms with E-state index in [2.05, 4.69) is 0 Å². The van der Waals surface area contributed by atoms with Gasteiger partial charge in [0.15, 0.2) is 0 Å². The van der Waals surface area contributed by atoms with Crippen LogP contribution in [0, 0.1) is 5.41 Å². The number of piperidine rings is 1. The SMILES string of the molecule is CC(C)(C)OC(=O)N1C2CCC1CC1(C2)CC1[B-](F)(F)F.[K+]. The molecule has 0 N–H and O–H groups in total. The maximum absolute atomic E-state index is 13.0. The summed E-state index contributed by atoms with van der Waals surface area (Å²) in [6.45, 7) is 0.680. The van der Waals surface area contributed by atoms with Crippen LogP contribution in [0.4, 0.5) is 17.7 Å². The summed E-state index contributed by atoms with van der Waals surface area (Å²) in [6, 6.07) is -0.136. The summed E-state index contributed by atoms with van der Waals surface area (Å²) in [5, 5.41) is 0. The largest absolute Gasteiger partial charge is 1.00 e. The smallest absolute Gasteiger partial charge is 0.449 e. The number of rotatable bonds is 1. The average Bonchev–Trinajstić information content (AvgIpc) is 2.89. The molecule has 0 radical (unpaired) electrons. The van der Waals surface area contributed by atoms with E-state index in [1.165, 1.54) is 0 Å². The van der Waals surface area contributed by atoms with Gasteiger partial charge in [0.2, 0.25) is 0 Å². The van der Waals surface area contributed by atoms with Gasteiger partial charge >= 0.3 is 64.5 Å². The normalized spacial score (nSPS) is 37.0. The van der Waals surface area contributed by atoms with Crippen molar-refractivity contribution in [3.05, 3.63) is 0 Å². The second-order valence-corrected chi connectivity index (χ2v) is 7.98. The second-order valence-electron chi connectivity index (χ2n) is 7.98. The first-order chi connectivity index (χ1) is 9.52. The summed E-state index contributed by atoms with van der Waals surface area (Å²) in [5.74, 6) is -1.10. The van der Waals surface area contributed by atoms with E-state index in [1.54, 1.807) is 25.7 Å². The zero-order valence-corrected chi connectivity index (χ0v) is 16.9.